The molecule has 0 amide bonds. The van der Waals surface area contributed by atoms with E-state index in [2.05, 4.69) is 182 Å². The highest BCUT2D eigenvalue weighted by Crippen LogP contribution is 2.51. The SMILES string of the molecule is CC(C)c1ccc(-c2ccc3c(c2)B2c4c(c5c6c(c4-n4c7ccc(C8CCCC8)cc7c7cc(C8CCCC8)cc2c74)Oc2ccc(-c4ccc(C(C)C)cc4)cc2B6c2cc(C4CCCC4)cc4c6cc(C7CCCC7)ccc6n-5c24)O3)cc1. The van der Waals surface area contributed by atoms with Gasteiger partial charge in [-0.2, -0.15) is 0 Å². The predicted molar refractivity (Wildman–Crippen MR) is 361 cm³/mol. The molecule has 4 aliphatic carbocycles. The van der Waals surface area contributed by atoms with Crippen LogP contribution in [0.2, 0.25) is 0 Å². The van der Waals surface area contributed by atoms with Crippen molar-refractivity contribution >= 4 is 89.8 Å². The molecular formula is C80H74B2N2O2. The van der Waals surface area contributed by atoms with Crippen LogP contribution in [0.3, 0.4) is 0 Å². The molecule has 4 saturated carbocycles. The molecule has 422 valence electrons. The van der Waals surface area contributed by atoms with Crippen molar-refractivity contribution in [2.45, 2.75) is 166 Å². The molecule has 86 heavy (non-hydrogen) atoms. The van der Waals surface area contributed by atoms with Crippen LogP contribution in [0, 0.1) is 0 Å². The number of rotatable bonds is 8. The fourth-order valence-corrected chi connectivity index (χ4v) is 18.7. The highest BCUT2D eigenvalue weighted by atomic mass is 16.5. The topological polar surface area (TPSA) is 28.3 Å². The van der Waals surface area contributed by atoms with E-state index >= 15 is 0 Å². The van der Waals surface area contributed by atoms with E-state index in [0.29, 0.717) is 35.5 Å². The van der Waals surface area contributed by atoms with Crippen molar-refractivity contribution < 1.29 is 9.47 Å². The Labute approximate surface area is 507 Å². The Morgan fingerprint density at radius 3 is 1.07 bits per heavy atom. The van der Waals surface area contributed by atoms with Crippen LogP contribution >= 0.6 is 0 Å². The molecule has 4 fully saturated rings. The van der Waals surface area contributed by atoms with Crippen molar-refractivity contribution in [3.63, 3.8) is 0 Å². The molecular weight excluding hydrogens is 1040 g/mol. The molecule has 8 aliphatic rings. The van der Waals surface area contributed by atoms with Gasteiger partial charge in [0.15, 0.2) is 0 Å². The molecule has 4 aliphatic heterocycles. The molecule has 0 radical (unpaired) electrons. The van der Waals surface area contributed by atoms with E-state index in [0.717, 1.165) is 34.4 Å². The molecule has 0 bridgehead atoms. The van der Waals surface area contributed by atoms with Crippen molar-refractivity contribution in [2.75, 3.05) is 0 Å². The predicted octanol–water partition coefficient (Wildman–Crippen LogP) is 18.0. The molecule has 6 heteroatoms. The lowest BCUT2D eigenvalue weighted by atomic mass is 9.31. The van der Waals surface area contributed by atoms with Gasteiger partial charge in [-0.15, -0.1) is 0 Å². The Morgan fingerprint density at radius 2 is 0.698 bits per heavy atom. The molecule has 11 aromatic rings. The molecule has 4 nitrogen and oxygen atoms in total. The minimum atomic E-state index is -0.118. The molecule has 2 aromatic heterocycles. The first-order chi connectivity index (χ1) is 42.3. The molecule has 0 saturated heterocycles. The number of fused-ring (bicyclic) bond motifs is 16. The standard InChI is InChI=1S/C80H74B2N2O2/c1-45(2)47-21-25-53(26-22-47)57-31-35-71-65(41-57)81-67-43-59(51-17-9-10-18-51)39-63-61-37-55(49-13-5-6-14-49)29-33-69(61)83(75(63)67)77-73(81)79(85-71)78-74-80(77)86-72-36-32-58(54-27-23-48(24-28-54)46(3)4)42-66(72)82(74)68-44-60(52-19-11-12-20-52)40-64-62-38-56(50-15-7-8-16-50)30-34-70(62)84(78)76(64)68/h21-46,49-52H,5-20H2,1-4H3. The van der Waals surface area contributed by atoms with Gasteiger partial charge in [0.2, 0.25) is 0 Å². The Kier molecular flexibility index (Phi) is 11.1. The summed E-state index contributed by atoms with van der Waals surface area (Å²) in [7, 11) is 0. The molecule has 0 atom stereocenters. The average Bonchev–Trinajstić information content (AvgIpc) is 1.54. The summed E-state index contributed by atoms with van der Waals surface area (Å²) in [4.78, 5) is 0. The van der Waals surface area contributed by atoms with E-state index in [-0.39, 0.29) is 13.4 Å². The van der Waals surface area contributed by atoms with Gasteiger partial charge in [0, 0.05) is 43.5 Å². The van der Waals surface area contributed by atoms with Crippen LogP contribution in [0.1, 0.15) is 199 Å². The van der Waals surface area contributed by atoms with Crippen molar-refractivity contribution in [3.05, 3.63) is 179 Å². The first kappa shape index (κ1) is 50.5. The first-order valence-corrected chi connectivity index (χ1v) is 33.6. The van der Waals surface area contributed by atoms with E-state index in [1.807, 2.05) is 0 Å². The highest BCUT2D eigenvalue weighted by molar-refractivity contribution is 7.02. The van der Waals surface area contributed by atoms with Gasteiger partial charge in [-0.1, -0.05) is 176 Å². The number of hydrogen-bond donors (Lipinski definition) is 0. The summed E-state index contributed by atoms with van der Waals surface area (Å²) >= 11 is 0. The maximum absolute atomic E-state index is 8.05. The van der Waals surface area contributed by atoms with E-state index in [1.54, 1.807) is 0 Å². The summed E-state index contributed by atoms with van der Waals surface area (Å²) in [5.74, 6) is 7.11. The molecule has 0 unspecified atom stereocenters. The summed E-state index contributed by atoms with van der Waals surface area (Å²) in [6.45, 7) is 8.93. The van der Waals surface area contributed by atoms with Crippen molar-refractivity contribution in [1.29, 1.82) is 0 Å². The van der Waals surface area contributed by atoms with Crippen LogP contribution in [0.5, 0.6) is 23.0 Å². The second-order valence-electron chi connectivity index (χ2n) is 28.5. The zero-order valence-corrected chi connectivity index (χ0v) is 50.5. The first-order valence-electron chi connectivity index (χ1n) is 33.6. The molecule has 19 rings (SSSR count). The third kappa shape index (κ3) is 7.25. The molecule has 6 heterocycles. The normalized spacial score (nSPS) is 17.9. The van der Waals surface area contributed by atoms with Gasteiger partial charge in [-0.05, 0) is 213 Å². The summed E-state index contributed by atoms with van der Waals surface area (Å²) in [5.41, 5.74) is 29.0. The summed E-state index contributed by atoms with van der Waals surface area (Å²) in [6.07, 6.45) is 20.5. The Balaban J connectivity index is 0.958. The lowest BCUT2D eigenvalue weighted by molar-refractivity contribution is 0.472. The Morgan fingerprint density at radius 1 is 0.349 bits per heavy atom. The van der Waals surface area contributed by atoms with Crippen LogP contribution in [0.15, 0.2) is 146 Å². The van der Waals surface area contributed by atoms with Crippen molar-refractivity contribution in [3.8, 4) is 56.6 Å². The zero-order chi connectivity index (χ0) is 56.8. The van der Waals surface area contributed by atoms with E-state index < -0.39 is 0 Å². The number of aromatic nitrogens is 2. The summed E-state index contributed by atoms with van der Waals surface area (Å²) in [6, 6.07) is 59.0. The van der Waals surface area contributed by atoms with Crippen LogP contribution in [0.25, 0.3) is 77.2 Å². The van der Waals surface area contributed by atoms with Crippen LogP contribution in [-0.2, 0) is 0 Å². The number of ether oxygens (including phenoxy) is 2. The smallest absolute Gasteiger partial charge is 0.256 e. The summed E-state index contributed by atoms with van der Waals surface area (Å²) < 4.78 is 21.5. The quantitative estimate of drug-likeness (QED) is 0.142. The van der Waals surface area contributed by atoms with Gasteiger partial charge in [0.1, 0.15) is 23.0 Å². The maximum atomic E-state index is 8.05. The Bertz CT molecular complexity index is 4390. The largest absolute Gasteiger partial charge is 0.456 e. The number of hydrogen-bond acceptors (Lipinski definition) is 2. The lowest BCUT2D eigenvalue weighted by Crippen LogP contribution is -2.63. The van der Waals surface area contributed by atoms with E-state index in [4.69, 9.17) is 9.47 Å². The van der Waals surface area contributed by atoms with Crippen LogP contribution in [0.4, 0.5) is 0 Å². The highest BCUT2D eigenvalue weighted by Gasteiger charge is 2.51. The minimum Gasteiger partial charge on any atom is -0.456 e. The number of benzene rings is 9. The second kappa shape index (κ2) is 18.9. The molecule has 0 N–H and O–H groups in total. The van der Waals surface area contributed by atoms with Gasteiger partial charge in [-0.25, -0.2) is 0 Å². The van der Waals surface area contributed by atoms with Crippen molar-refractivity contribution in [2.24, 2.45) is 0 Å². The number of nitrogens with zero attached hydrogens (tertiary/aromatic N) is 2. The van der Waals surface area contributed by atoms with E-state index in [9.17, 15) is 0 Å². The van der Waals surface area contributed by atoms with Gasteiger partial charge in [0.25, 0.3) is 13.4 Å². The second-order valence-corrected chi connectivity index (χ2v) is 28.5. The fraction of sp³-hybridized carbons (Fsp3) is 0.325. The third-order valence-corrected chi connectivity index (χ3v) is 23.1. The van der Waals surface area contributed by atoms with Crippen molar-refractivity contribution in [1.82, 2.24) is 9.13 Å². The fourth-order valence-electron chi connectivity index (χ4n) is 18.7. The summed E-state index contributed by atoms with van der Waals surface area (Å²) in [5, 5.41) is 5.56. The third-order valence-electron chi connectivity index (χ3n) is 23.1. The molecule has 9 aromatic carbocycles. The van der Waals surface area contributed by atoms with Gasteiger partial charge in [-0.3, -0.25) is 0 Å². The lowest BCUT2D eigenvalue weighted by Gasteiger charge is -2.41. The van der Waals surface area contributed by atoms with Gasteiger partial charge < -0.3 is 18.6 Å². The zero-order valence-electron chi connectivity index (χ0n) is 50.5. The van der Waals surface area contributed by atoms with Gasteiger partial charge >= 0.3 is 0 Å². The Hall–Kier alpha value is -7.69. The van der Waals surface area contributed by atoms with Gasteiger partial charge in [0.05, 0.1) is 22.4 Å². The molecule has 0 spiro atoms. The minimum absolute atomic E-state index is 0.118. The van der Waals surface area contributed by atoms with Crippen LogP contribution in [-0.4, -0.2) is 22.6 Å². The maximum Gasteiger partial charge on any atom is 0.256 e. The van der Waals surface area contributed by atoms with Crippen LogP contribution < -0.4 is 42.3 Å². The van der Waals surface area contributed by atoms with E-state index in [1.165, 1.54) is 235 Å². The monoisotopic (exact) mass is 1120 g/mol. The average molecular weight is 1120 g/mol.